The maximum absolute atomic E-state index is 4.23. The van der Waals surface area contributed by atoms with Gasteiger partial charge in [0, 0.05) is 24.4 Å². The van der Waals surface area contributed by atoms with Crippen LogP contribution in [0.3, 0.4) is 0 Å². The molecule has 17 heavy (non-hydrogen) atoms. The molecule has 0 aliphatic carbocycles. The predicted molar refractivity (Wildman–Crippen MR) is 69.2 cm³/mol. The molecular weight excluding hydrogens is 208 g/mol. The van der Waals surface area contributed by atoms with Crippen LogP contribution in [0.25, 0.3) is 0 Å². The lowest BCUT2D eigenvalue weighted by Gasteiger charge is -2.25. The quantitative estimate of drug-likeness (QED) is 0.730. The lowest BCUT2D eigenvalue weighted by molar-refractivity contribution is 0.463. The second-order valence-electron chi connectivity index (χ2n) is 5.19. The highest BCUT2D eigenvalue weighted by Crippen LogP contribution is 2.29. The third kappa shape index (κ3) is 1.99. The Morgan fingerprint density at radius 1 is 1.18 bits per heavy atom. The van der Waals surface area contributed by atoms with Crippen LogP contribution in [0.2, 0.25) is 0 Å². The summed E-state index contributed by atoms with van der Waals surface area (Å²) in [5.74, 6) is 0.648. The fourth-order valence-electron chi connectivity index (χ4n) is 2.89. The number of aromatic nitrogens is 2. The number of aryl methyl sites for hydroxylation is 3. The summed E-state index contributed by atoms with van der Waals surface area (Å²) in [5, 5.41) is 0. The third-order valence-electron chi connectivity index (χ3n) is 3.68. The molecule has 1 aliphatic rings. The van der Waals surface area contributed by atoms with Gasteiger partial charge in [0.2, 0.25) is 0 Å². The maximum Gasteiger partial charge on any atom is 0.0948 e. The Morgan fingerprint density at radius 2 is 1.94 bits per heavy atom. The molecule has 0 spiro atoms. The van der Waals surface area contributed by atoms with E-state index in [1.807, 2.05) is 12.5 Å². The summed E-state index contributed by atoms with van der Waals surface area (Å²) in [6.07, 6.45) is 6.36. The zero-order chi connectivity index (χ0) is 11.8. The van der Waals surface area contributed by atoms with Gasteiger partial charge in [0.1, 0.15) is 0 Å². The molecule has 1 atom stereocenters. The van der Waals surface area contributed by atoms with Crippen molar-refractivity contribution in [2.45, 2.75) is 39.2 Å². The number of hydrogen-bond donors (Lipinski definition) is 0. The van der Waals surface area contributed by atoms with Crippen LogP contribution in [0.1, 0.15) is 34.7 Å². The first-order valence-electron chi connectivity index (χ1n) is 6.29. The van der Waals surface area contributed by atoms with Gasteiger partial charge in [0.15, 0.2) is 0 Å². The van der Waals surface area contributed by atoms with Gasteiger partial charge in [-0.05, 0) is 32.3 Å². The van der Waals surface area contributed by atoms with Gasteiger partial charge in [-0.2, -0.15) is 0 Å². The Bertz CT molecular complexity index is 519. The van der Waals surface area contributed by atoms with E-state index in [1.165, 1.54) is 28.8 Å². The van der Waals surface area contributed by atoms with Gasteiger partial charge >= 0.3 is 0 Å². The largest absolute Gasteiger partial charge is 0.334 e. The minimum atomic E-state index is 0.648. The molecule has 0 bridgehead atoms. The van der Waals surface area contributed by atoms with Gasteiger partial charge < -0.3 is 4.57 Å². The molecule has 2 nitrogen and oxygen atoms in total. The summed E-state index contributed by atoms with van der Waals surface area (Å²) in [4.78, 5) is 4.23. The average Bonchev–Trinajstić information content (AvgIpc) is 2.74. The zero-order valence-electron chi connectivity index (χ0n) is 10.5. The molecule has 88 valence electrons. The van der Waals surface area contributed by atoms with Crippen LogP contribution in [-0.2, 0) is 13.0 Å². The molecule has 0 N–H and O–H groups in total. The summed E-state index contributed by atoms with van der Waals surface area (Å²) in [7, 11) is 0. The van der Waals surface area contributed by atoms with Crippen molar-refractivity contribution >= 4 is 0 Å². The molecule has 0 fully saturated rings. The second kappa shape index (κ2) is 4.02. The first kappa shape index (κ1) is 10.6. The van der Waals surface area contributed by atoms with Crippen molar-refractivity contribution in [2.24, 2.45) is 0 Å². The van der Waals surface area contributed by atoms with Gasteiger partial charge in [-0.25, -0.2) is 4.98 Å². The van der Waals surface area contributed by atoms with E-state index in [9.17, 15) is 0 Å². The molecule has 1 aromatic carbocycles. The summed E-state index contributed by atoms with van der Waals surface area (Å²) >= 11 is 0. The van der Waals surface area contributed by atoms with E-state index in [0.29, 0.717) is 5.92 Å². The Morgan fingerprint density at radius 3 is 2.71 bits per heavy atom. The number of fused-ring (bicyclic) bond motifs is 1. The number of hydrogen-bond acceptors (Lipinski definition) is 1. The predicted octanol–water partition coefficient (Wildman–Crippen LogP) is 3.23. The van der Waals surface area contributed by atoms with E-state index < -0.39 is 0 Å². The molecule has 2 aromatic rings. The first-order chi connectivity index (χ1) is 8.22. The van der Waals surface area contributed by atoms with E-state index in [-0.39, 0.29) is 0 Å². The molecule has 3 rings (SSSR count). The van der Waals surface area contributed by atoms with Crippen molar-refractivity contribution in [2.75, 3.05) is 0 Å². The number of imidazole rings is 1. The van der Waals surface area contributed by atoms with Gasteiger partial charge in [0.25, 0.3) is 0 Å². The van der Waals surface area contributed by atoms with Crippen molar-refractivity contribution in [1.29, 1.82) is 0 Å². The van der Waals surface area contributed by atoms with Crippen molar-refractivity contribution in [1.82, 2.24) is 9.55 Å². The third-order valence-corrected chi connectivity index (χ3v) is 3.68. The van der Waals surface area contributed by atoms with Crippen molar-refractivity contribution in [3.05, 3.63) is 53.1 Å². The van der Waals surface area contributed by atoms with E-state index in [1.54, 1.807) is 0 Å². The molecule has 0 saturated heterocycles. The van der Waals surface area contributed by atoms with E-state index in [4.69, 9.17) is 0 Å². The van der Waals surface area contributed by atoms with Crippen molar-refractivity contribution in [3.8, 4) is 0 Å². The first-order valence-corrected chi connectivity index (χ1v) is 6.29. The van der Waals surface area contributed by atoms with Gasteiger partial charge in [-0.15, -0.1) is 0 Å². The standard InChI is InChI=1S/C15H18N2/c1-11-5-12(2)7-14(6-11)13-3-4-15-8-16-10-17(15)9-13/h5-8,10,13H,3-4,9H2,1-2H3. The van der Waals surface area contributed by atoms with Crippen molar-refractivity contribution < 1.29 is 0 Å². The smallest absolute Gasteiger partial charge is 0.0948 e. The van der Waals surface area contributed by atoms with E-state index in [2.05, 4.69) is 41.6 Å². The second-order valence-corrected chi connectivity index (χ2v) is 5.19. The van der Waals surface area contributed by atoms with Crippen molar-refractivity contribution in [3.63, 3.8) is 0 Å². The summed E-state index contributed by atoms with van der Waals surface area (Å²) in [5.41, 5.74) is 5.61. The van der Waals surface area contributed by atoms with Gasteiger partial charge in [0.05, 0.1) is 6.33 Å². The summed E-state index contributed by atoms with van der Waals surface area (Å²) < 4.78 is 2.30. The minimum absolute atomic E-state index is 0.648. The number of rotatable bonds is 1. The van der Waals surface area contributed by atoms with Crippen LogP contribution in [-0.4, -0.2) is 9.55 Å². The van der Waals surface area contributed by atoms with Crippen LogP contribution < -0.4 is 0 Å². The Hall–Kier alpha value is -1.57. The molecule has 1 unspecified atom stereocenters. The highest BCUT2D eigenvalue weighted by molar-refractivity contribution is 5.31. The maximum atomic E-state index is 4.23. The molecule has 0 amide bonds. The molecule has 2 heterocycles. The van der Waals surface area contributed by atoms with Gasteiger partial charge in [-0.1, -0.05) is 29.3 Å². The monoisotopic (exact) mass is 226 g/mol. The average molecular weight is 226 g/mol. The molecule has 1 aromatic heterocycles. The molecule has 0 radical (unpaired) electrons. The number of benzene rings is 1. The lowest BCUT2D eigenvalue weighted by atomic mass is 9.89. The van der Waals surface area contributed by atoms with E-state index in [0.717, 1.165) is 13.0 Å². The Kier molecular flexibility index (Phi) is 2.50. The molecule has 2 heteroatoms. The molecule has 0 saturated carbocycles. The Labute approximate surface area is 102 Å². The van der Waals surface area contributed by atoms with Crippen LogP contribution in [0, 0.1) is 13.8 Å². The summed E-state index contributed by atoms with van der Waals surface area (Å²) in [6.45, 7) is 5.45. The number of nitrogens with zero attached hydrogens (tertiary/aromatic N) is 2. The molecular formula is C15H18N2. The highest BCUT2D eigenvalue weighted by Gasteiger charge is 2.19. The van der Waals surface area contributed by atoms with Gasteiger partial charge in [-0.3, -0.25) is 0 Å². The topological polar surface area (TPSA) is 17.8 Å². The molecule has 1 aliphatic heterocycles. The van der Waals surface area contributed by atoms with Crippen LogP contribution >= 0.6 is 0 Å². The lowest BCUT2D eigenvalue weighted by Crippen LogP contribution is -2.17. The summed E-state index contributed by atoms with van der Waals surface area (Å²) in [6, 6.07) is 6.91. The normalized spacial score (nSPS) is 19.1. The highest BCUT2D eigenvalue weighted by atomic mass is 15.1. The SMILES string of the molecule is Cc1cc(C)cc(C2CCc3cncn3C2)c1. The van der Waals surface area contributed by atoms with Crippen LogP contribution in [0.5, 0.6) is 0 Å². The van der Waals surface area contributed by atoms with Crippen LogP contribution in [0.4, 0.5) is 0 Å². The minimum Gasteiger partial charge on any atom is -0.334 e. The van der Waals surface area contributed by atoms with E-state index >= 15 is 0 Å². The fraction of sp³-hybridized carbons (Fsp3) is 0.400. The zero-order valence-corrected chi connectivity index (χ0v) is 10.5. The Balaban J connectivity index is 1.91. The fourth-order valence-corrected chi connectivity index (χ4v) is 2.89. The van der Waals surface area contributed by atoms with Crippen LogP contribution in [0.15, 0.2) is 30.7 Å².